The number of amides is 2. The molecule has 98 valence electrons. The third kappa shape index (κ3) is 4.78. The molecule has 0 aromatic rings. The summed E-state index contributed by atoms with van der Waals surface area (Å²) in [5.74, 6) is 4.08. The van der Waals surface area contributed by atoms with Gasteiger partial charge in [0.1, 0.15) is 0 Å². The summed E-state index contributed by atoms with van der Waals surface area (Å²) in [5, 5.41) is 3.00. The zero-order chi connectivity index (χ0) is 12.1. The summed E-state index contributed by atoms with van der Waals surface area (Å²) >= 11 is 1.97. The van der Waals surface area contributed by atoms with Gasteiger partial charge in [-0.05, 0) is 43.3 Å². The monoisotopic (exact) mass is 256 g/mol. The first-order chi connectivity index (χ1) is 8.25. The SMILES string of the molecule is CN(CC1CCC1)C(=O)NCCSCC1CC1. The van der Waals surface area contributed by atoms with E-state index in [9.17, 15) is 4.79 Å². The number of rotatable bonds is 7. The van der Waals surface area contributed by atoms with Gasteiger partial charge in [0.25, 0.3) is 0 Å². The van der Waals surface area contributed by atoms with Crippen molar-refractivity contribution in [1.29, 1.82) is 0 Å². The van der Waals surface area contributed by atoms with Gasteiger partial charge in [0.15, 0.2) is 0 Å². The van der Waals surface area contributed by atoms with Crippen molar-refractivity contribution in [2.24, 2.45) is 11.8 Å². The number of nitrogens with one attached hydrogen (secondary N) is 1. The van der Waals surface area contributed by atoms with E-state index < -0.39 is 0 Å². The van der Waals surface area contributed by atoms with Crippen LogP contribution in [0.15, 0.2) is 0 Å². The molecule has 3 nitrogen and oxygen atoms in total. The second-order valence-electron chi connectivity index (χ2n) is 5.43. The number of hydrogen-bond donors (Lipinski definition) is 1. The van der Waals surface area contributed by atoms with Crippen LogP contribution in [0, 0.1) is 11.8 Å². The van der Waals surface area contributed by atoms with Gasteiger partial charge in [-0.15, -0.1) is 0 Å². The van der Waals surface area contributed by atoms with Crippen molar-refractivity contribution >= 4 is 17.8 Å². The predicted octanol–water partition coefficient (Wildman–Crippen LogP) is 2.57. The lowest BCUT2D eigenvalue weighted by molar-refractivity contribution is 0.183. The molecule has 0 bridgehead atoms. The lowest BCUT2D eigenvalue weighted by atomic mass is 9.85. The minimum atomic E-state index is 0.101. The fraction of sp³-hybridized carbons (Fsp3) is 0.923. The maximum atomic E-state index is 11.7. The fourth-order valence-electron chi connectivity index (χ4n) is 2.05. The molecule has 0 radical (unpaired) electrons. The number of urea groups is 1. The molecule has 0 aromatic carbocycles. The molecule has 1 N–H and O–H groups in total. The van der Waals surface area contributed by atoms with Crippen LogP contribution in [0.25, 0.3) is 0 Å². The van der Waals surface area contributed by atoms with Crippen LogP contribution in [-0.2, 0) is 0 Å². The Hall–Kier alpha value is -0.380. The predicted molar refractivity (Wildman–Crippen MR) is 73.4 cm³/mol. The number of nitrogens with zero attached hydrogens (tertiary/aromatic N) is 1. The third-order valence-corrected chi connectivity index (χ3v) is 4.88. The van der Waals surface area contributed by atoms with Gasteiger partial charge in [0.2, 0.25) is 0 Å². The molecule has 0 aromatic heterocycles. The molecule has 2 saturated carbocycles. The molecule has 17 heavy (non-hydrogen) atoms. The number of hydrogen-bond acceptors (Lipinski definition) is 2. The van der Waals surface area contributed by atoms with Gasteiger partial charge in [0.05, 0.1) is 0 Å². The van der Waals surface area contributed by atoms with Crippen LogP contribution >= 0.6 is 11.8 Å². The first-order valence-electron chi connectivity index (χ1n) is 6.82. The Kier molecular flexibility index (Phi) is 5.01. The third-order valence-electron chi connectivity index (χ3n) is 3.68. The van der Waals surface area contributed by atoms with Crippen molar-refractivity contribution in [2.75, 3.05) is 31.6 Å². The fourth-order valence-corrected chi connectivity index (χ4v) is 3.12. The van der Waals surface area contributed by atoms with Gasteiger partial charge >= 0.3 is 6.03 Å². The number of thioether (sulfide) groups is 1. The second kappa shape index (κ2) is 6.53. The van der Waals surface area contributed by atoms with Crippen molar-refractivity contribution in [2.45, 2.75) is 32.1 Å². The van der Waals surface area contributed by atoms with E-state index in [1.807, 2.05) is 23.7 Å². The van der Waals surface area contributed by atoms with Crippen LogP contribution in [0.4, 0.5) is 4.79 Å². The van der Waals surface area contributed by atoms with E-state index >= 15 is 0 Å². The van der Waals surface area contributed by atoms with Gasteiger partial charge in [-0.25, -0.2) is 4.79 Å². The lowest BCUT2D eigenvalue weighted by Crippen LogP contribution is -2.41. The Bertz CT molecular complexity index is 252. The van der Waals surface area contributed by atoms with Crippen LogP contribution in [-0.4, -0.2) is 42.6 Å². The van der Waals surface area contributed by atoms with Crippen LogP contribution < -0.4 is 5.32 Å². The maximum absolute atomic E-state index is 11.7. The molecule has 0 atom stereocenters. The first-order valence-corrected chi connectivity index (χ1v) is 7.98. The molecule has 0 unspecified atom stereocenters. The zero-order valence-corrected chi connectivity index (χ0v) is 11.6. The quantitative estimate of drug-likeness (QED) is 0.710. The molecular formula is C13H24N2OS. The van der Waals surface area contributed by atoms with Crippen LogP contribution in [0.3, 0.4) is 0 Å². The van der Waals surface area contributed by atoms with E-state index in [1.54, 1.807) is 0 Å². The highest BCUT2D eigenvalue weighted by molar-refractivity contribution is 7.99. The van der Waals surface area contributed by atoms with Gasteiger partial charge in [0, 0.05) is 25.9 Å². The minimum Gasteiger partial charge on any atom is -0.337 e. The maximum Gasteiger partial charge on any atom is 0.317 e. The summed E-state index contributed by atoms with van der Waals surface area (Å²) in [6.07, 6.45) is 6.79. The highest BCUT2D eigenvalue weighted by Crippen LogP contribution is 2.32. The summed E-state index contributed by atoms with van der Waals surface area (Å²) in [5.41, 5.74) is 0. The summed E-state index contributed by atoms with van der Waals surface area (Å²) in [6.45, 7) is 1.74. The van der Waals surface area contributed by atoms with E-state index in [1.165, 1.54) is 37.9 Å². The van der Waals surface area contributed by atoms with Crippen molar-refractivity contribution in [3.8, 4) is 0 Å². The van der Waals surface area contributed by atoms with Crippen molar-refractivity contribution in [3.05, 3.63) is 0 Å². The largest absolute Gasteiger partial charge is 0.337 e. The molecule has 2 fully saturated rings. The van der Waals surface area contributed by atoms with Gasteiger partial charge in [-0.2, -0.15) is 11.8 Å². The summed E-state index contributed by atoms with van der Waals surface area (Å²) in [6, 6.07) is 0.101. The summed E-state index contributed by atoms with van der Waals surface area (Å²) in [4.78, 5) is 13.6. The van der Waals surface area contributed by atoms with E-state index in [0.717, 1.165) is 30.7 Å². The Balaban J connectivity index is 1.46. The van der Waals surface area contributed by atoms with E-state index in [0.29, 0.717) is 0 Å². The summed E-state index contributed by atoms with van der Waals surface area (Å²) < 4.78 is 0. The van der Waals surface area contributed by atoms with Crippen molar-refractivity contribution in [1.82, 2.24) is 10.2 Å². The highest BCUT2D eigenvalue weighted by atomic mass is 32.2. The Morgan fingerprint density at radius 1 is 1.29 bits per heavy atom. The summed E-state index contributed by atoms with van der Waals surface area (Å²) in [7, 11) is 1.91. The molecule has 0 aliphatic heterocycles. The minimum absolute atomic E-state index is 0.101. The van der Waals surface area contributed by atoms with Crippen LogP contribution in [0.1, 0.15) is 32.1 Å². The Morgan fingerprint density at radius 2 is 2.06 bits per heavy atom. The molecule has 2 rings (SSSR count). The normalized spacial score (nSPS) is 19.8. The molecule has 0 spiro atoms. The van der Waals surface area contributed by atoms with Crippen LogP contribution in [0.2, 0.25) is 0 Å². The Morgan fingerprint density at radius 3 is 2.65 bits per heavy atom. The average molecular weight is 256 g/mol. The average Bonchev–Trinajstić information content (AvgIpc) is 3.06. The molecular weight excluding hydrogens is 232 g/mol. The molecule has 2 aliphatic carbocycles. The van der Waals surface area contributed by atoms with E-state index in [-0.39, 0.29) is 6.03 Å². The van der Waals surface area contributed by atoms with Gasteiger partial charge in [-0.3, -0.25) is 0 Å². The first kappa shape index (κ1) is 13.1. The number of carbonyl (C=O) groups is 1. The number of carbonyl (C=O) groups excluding carboxylic acids is 1. The van der Waals surface area contributed by atoms with Crippen molar-refractivity contribution < 1.29 is 4.79 Å². The lowest BCUT2D eigenvalue weighted by Gasteiger charge is -2.30. The topological polar surface area (TPSA) is 32.3 Å². The smallest absolute Gasteiger partial charge is 0.317 e. The second-order valence-corrected chi connectivity index (χ2v) is 6.58. The molecule has 4 heteroatoms. The standard InChI is InChI=1S/C13H24N2OS/c1-15(9-11-3-2-4-11)13(16)14-7-8-17-10-12-5-6-12/h11-12H,2-10H2,1H3,(H,14,16). The highest BCUT2D eigenvalue weighted by Gasteiger charge is 2.22. The molecule has 0 heterocycles. The van der Waals surface area contributed by atoms with Crippen LogP contribution in [0.5, 0.6) is 0 Å². The van der Waals surface area contributed by atoms with E-state index in [2.05, 4.69) is 5.32 Å². The van der Waals surface area contributed by atoms with Crippen molar-refractivity contribution in [3.63, 3.8) is 0 Å². The zero-order valence-electron chi connectivity index (χ0n) is 10.8. The van der Waals surface area contributed by atoms with E-state index in [4.69, 9.17) is 0 Å². The molecule has 0 saturated heterocycles. The Labute approximate surface area is 109 Å². The van der Waals surface area contributed by atoms with Gasteiger partial charge < -0.3 is 10.2 Å². The van der Waals surface area contributed by atoms with Gasteiger partial charge in [-0.1, -0.05) is 6.42 Å². The molecule has 2 amide bonds. The molecule has 2 aliphatic rings.